The molecule has 0 aliphatic carbocycles. The highest BCUT2D eigenvalue weighted by Gasteiger charge is 2.22. The summed E-state index contributed by atoms with van der Waals surface area (Å²) < 4.78 is 22.4. The molecule has 1 aliphatic heterocycles. The van der Waals surface area contributed by atoms with Gasteiger partial charge in [0, 0.05) is 19.0 Å². The number of nitrogens with one attached hydrogen (secondary N) is 2. The molecule has 0 amide bonds. The Balaban J connectivity index is 1.68. The fourth-order valence-corrected chi connectivity index (χ4v) is 3.33. The summed E-state index contributed by atoms with van der Waals surface area (Å²) in [5.41, 5.74) is 0. The Kier molecular flexibility index (Phi) is 3.55. The molecule has 6 nitrogen and oxygen atoms in total. The minimum Gasteiger partial charge on any atom is -0.313 e. The van der Waals surface area contributed by atoms with Crippen LogP contribution < -0.4 is 5.32 Å². The number of rotatable bonds is 4. The van der Waals surface area contributed by atoms with E-state index in [1.165, 1.54) is 6.33 Å². The van der Waals surface area contributed by atoms with Gasteiger partial charge in [-0.15, -0.1) is 0 Å². The topological polar surface area (TPSA) is 87.7 Å². The Bertz CT molecular complexity index is 401. The van der Waals surface area contributed by atoms with Crippen molar-refractivity contribution in [3.05, 3.63) is 12.2 Å². The quantitative estimate of drug-likeness (QED) is 0.746. The number of aromatic amines is 1. The molecule has 1 fully saturated rings. The van der Waals surface area contributed by atoms with Crippen molar-refractivity contribution in [2.45, 2.75) is 25.3 Å². The van der Waals surface area contributed by atoms with Crippen LogP contribution in [-0.4, -0.2) is 47.7 Å². The monoisotopic (exact) mass is 244 g/mol. The van der Waals surface area contributed by atoms with E-state index in [-0.39, 0.29) is 0 Å². The van der Waals surface area contributed by atoms with Gasteiger partial charge in [0.15, 0.2) is 0 Å². The summed E-state index contributed by atoms with van der Waals surface area (Å²) in [5.74, 6) is 1.48. The lowest BCUT2D eigenvalue weighted by Gasteiger charge is -2.22. The molecule has 7 heteroatoms. The van der Waals surface area contributed by atoms with Gasteiger partial charge in [0.1, 0.15) is 22.0 Å². The van der Waals surface area contributed by atoms with E-state index in [9.17, 15) is 8.42 Å². The Morgan fingerprint density at radius 3 is 2.81 bits per heavy atom. The first-order valence-electron chi connectivity index (χ1n) is 5.44. The lowest BCUT2D eigenvalue weighted by atomic mass is 10.1. The number of hydrogen-bond donors (Lipinski definition) is 2. The lowest BCUT2D eigenvalue weighted by molar-refractivity contribution is 0.464. The van der Waals surface area contributed by atoms with Gasteiger partial charge in [-0.2, -0.15) is 5.10 Å². The van der Waals surface area contributed by atoms with Crippen molar-refractivity contribution in [3.63, 3.8) is 0 Å². The molecule has 0 aromatic carbocycles. The summed E-state index contributed by atoms with van der Waals surface area (Å²) in [4.78, 5) is 4.02. The summed E-state index contributed by atoms with van der Waals surface area (Å²) >= 11 is 0. The van der Waals surface area contributed by atoms with Crippen molar-refractivity contribution in [2.75, 3.05) is 18.1 Å². The van der Waals surface area contributed by atoms with Gasteiger partial charge in [-0.25, -0.2) is 13.4 Å². The van der Waals surface area contributed by atoms with E-state index >= 15 is 0 Å². The summed E-state index contributed by atoms with van der Waals surface area (Å²) in [5, 5.41) is 9.90. The van der Waals surface area contributed by atoms with E-state index in [1.54, 1.807) is 0 Å². The van der Waals surface area contributed by atoms with Crippen molar-refractivity contribution < 1.29 is 8.42 Å². The molecule has 0 saturated carbocycles. The van der Waals surface area contributed by atoms with Crippen LogP contribution in [0.25, 0.3) is 0 Å². The largest absolute Gasteiger partial charge is 0.313 e. The van der Waals surface area contributed by atoms with Crippen LogP contribution >= 0.6 is 0 Å². The van der Waals surface area contributed by atoms with Gasteiger partial charge in [-0.3, -0.25) is 5.10 Å². The number of H-pyrrole nitrogens is 1. The molecule has 0 spiro atoms. The second-order valence-electron chi connectivity index (χ2n) is 4.06. The average Bonchev–Trinajstić information content (AvgIpc) is 2.73. The van der Waals surface area contributed by atoms with Crippen LogP contribution in [0.1, 0.15) is 18.7 Å². The maximum atomic E-state index is 11.2. The maximum absolute atomic E-state index is 11.2. The molecule has 1 aromatic rings. The third-order valence-electron chi connectivity index (χ3n) is 2.81. The third-order valence-corrected chi connectivity index (χ3v) is 4.53. The van der Waals surface area contributed by atoms with Crippen molar-refractivity contribution >= 4 is 9.84 Å². The van der Waals surface area contributed by atoms with Crippen molar-refractivity contribution in [3.8, 4) is 0 Å². The van der Waals surface area contributed by atoms with Crippen LogP contribution in [0, 0.1) is 0 Å². The first-order chi connectivity index (χ1) is 7.66. The van der Waals surface area contributed by atoms with Gasteiger partial charge in [0.25, 0.3) is 0 Å². The van der Waals surface area contributed by atoms with Gasteiger partial charge in [-0.1, -0.05) is 0 Å². The van der Waals surface area contributed by atoms with Gasteiger partial charge < -0.3 is 5.32 Å². The van der Waals surface area contributed by atoms with Crippen LogP contribution in [0.3, 0.4) is 0 Å². The first-order valence-corrected chi connectivity index (χ1v) is 7.26. The van der Waals surface area contributed by atoms with E-state index in [0.717, 1.165) is 31.6 Å². The normalized spacial score (nSPS) is 21.0. The van der Waals surface area contributed by atoms with Crippen LogP contribution in [-0.2, 0) is 16.3 Å². The summed E-state index contributed by atoms with van der Waals surface area (Å²) in [6.45, 7) is 0.805. The molecule has 1 aliphatic rings. The number of sulfone groups is 1. The fourth-order valence-electron chi connectivity index (χ4n) is 1.84. The van der Waals surface area contributed by atoms with Gasteiger partial charge in [-0.05, 0) is 12.8 Å². The van der Waals surface area contributed by atoms with Crippen molar-refractivity contribution in [1.82, 2.24) is 20.5 Å². The smallest absolute Gasteiger partial charge is 0.150 e. The van der Waals surface area contributed by atoms with Crippen LogP contribution in [0.5, 0.6) is 0 Å². The van der Waals surface area contributed by atoms with E-state index in [0.29, 0.717) is 17.5 Å². The Hall–Kier alpha value is -0.950. The fraction of sp³-hybridized carbons (Fsp3) is 0.778. The summed E-state index contributed by atoms with van der Waals surface area (Å²) in [7, 11) is -2.75. The molecule has 0 radical (unpaired) electrons. The van der Waals surface area contributed by atoms with E-state index in [2.05, 4.69) is 20.5 Å². The SMILES string of the molecule is O=S1(=O)CCC(NCCc2ncn[nH]2)CC1. The standard InChI is InChI=1S/C9H16N4O2S/c14-16(15)5-2-8(3-6-16)10-4-1-9-11-7-12-13-9/h7-8,10H,1-6H2,(H,11,12,13). The molecule has 2 rings (SSSR count). The van der Waals surface area contributed by atoms with Crippen molar-refractivity contribution in [2.24, 2.45) is 0 Å². The van der Waals surface area contributed by atoms with E-state index in [4.69, 9.17) is 0 Å². The molecule has 90 valence electrons. The zero-order valence-electron chi connectivity index (χ0n) is 9.02. The van der Waals surface area contributed by atoms with Gasteiger partial charge >= 0.3 is 0 Å². The Morgan fingerprint density at radius 1 is 1.44 bits per heavy atom. The zero-order chi connectivity index (χ0) is 11.4. The minimum atomic E-state index is -2.75. The first kappa shape index (κ1) is 11.5. The summed E-state index contributed by atoms with van der Waals surface area (Å²) in [6, 6.07) is 0.325. The molecule has 2 heterocycles. The number of hydrogen-bond acceptors (Lipinski definition) is 5. The van der Waals surface area contributed by atoms with Crippen LogP contribution in [0.4, 0.5) is 0 Å². The molecule has 16 heavy (non-hydrogen) atoms. The van der Waals surface area contributed by atoms with Crippen molar-refractivity contribution in [1.29, 1.82) is 0 Å². The predicted octanol–water partition coefficient (Wildman–Crippen LogP) is -0.486. The predicted molar refractivity (Wildman–Crippen MR) is 59.8 cm³/mol. The third kappa shape index (κ3) is 3.28. The van der Waals surface area contributed by atoms with E-state index < -0.39 is 9.84 Å². The van der Waals surface area contributed by atoms with Crippen LogP contribution in [0.2, 0.25) is 0 Å². The maximum Gasteiger partial charge on any atom is 0.150 e. The second kappa shape index (κ2) is 4.92. The number of aromatic nitrogens is 3. The average molecular weight is 244 g/mol. The number of nitrogens with zero attached hydrogens (tertiary/aromatic N) is 2. The molecule has 0 atom stereocenters. The highest BCUT2D eigenvalue weighted by molar-refractivity contribution is 7.91. The highest BCUT2D eigenvalue weighted by atomic mass is 32.2. The van der Waals surface area contributed by atoms with Crippen LogP contribution in [0.15, 0.2) is 6.33 Å². The molecular formula is C9H16N4O2S. The second-order valence-corrected chi connectivity index (χ2v) is 6.37. The Morgan fingerprint density at radius 2 is 2.19 bits per heavy atom. The molecule has 0 unspecified atom stereocenters. The van der Waals surface area contributed by atoms with Gasteiger partial charge in [0.05, 0.1) is 11.5 Å². The lowest BCUT2D eigenvalue weighted by Crippen LogP contribution is -2.38. The molecule has 0 bridgehead atoms. The zero-order valence-corrected chi connectivity index (χ0v) is 9.83. The van der Waals surface area contributed by atoms with E-state index in [1.807, 2.05) is 0 Å². The molecule has 1 saturated heterocycles. The molecule has 2 N–H and O–H groups in total. The molecule has 1 aromatic heterocycles. The van der Waals surface area contributed by atoms with Gasteiger partial charge in [0.2, 0.25) is 0 Å². The summed E-state index contributed by atoms with van der Waals surface area (Å²) in [6.07, 6.45) is 3.73. The highest BCUT2D eigenvalue weighted by Crippen LogP contribution is 2.11. The minimum absolute atomic E-state index is 0.312. The Labute approximate surface area is 94.8 Å². The molecular weight excluding hydrogens is 228 g/mol.